The average molecular weight is 320 g/mol. The first-order valence-electron chi connectivity index (χ1n) is 6.28. The van der Waals surface area contributed by atoms with E-state index in [4.69, 9.17) is 21.1 Å². The van der Waals surface area contributed by atoms with Gasteiger partial charge in [-0.3, -0.25) is 0 Å². The summed E-state index contributed by atoms with van der Waals surface area (Å²) < 4.78 is 36.9. The maximum atomic E-state index is 12.6. The molecule has 1 heterocycles. The van der Waals surface area contributed by atoms with Crippen LogP contribution in [0, 0.1) is 0 Å². The highest BCUT2D eigenvalue weighted by Gasteiger charge is 2.32. The molecule has 112 valence electrons. The standard InChI is InChI=1S/C13H18ClNO4S/c1-18-11-5-6-15(9-11)20(16,17)12-3-4-13(19-2)10(7-12)8-14/h3-4,7,11H,5-6,8-9H2,1-2H3. The number of hydrogen-bond donors (Lipinski definition) is 0. The first-order chi connectivity index (χ1) is 9.52. The van der Waals surface area contributed by atoms with Crippen LogP contribution in [0.25, 0.3) is 0 Å². The van der Waals surface area contributed by atoms with E-state index in [0.717, 1.165) is 0 Å². The van der Waals surface area contributed by atoms with Crippen molar-refractivity contribution in [2.75, 3.05) is 27.3 Å². The second-order valence-electron chi connectivity index (χ2n) is 4.62. The predicted molar refractivity (Wildman–Crippen MR) is 76.7 cm³/mol. The van der Waals surface area contributed by atoms with Gasteiger partial charge in [-0.05, 0) is 24.6 Å². The molecule has 0 bridgehead atoms. The fourth-order valence-corrected chi connectivity index (χ4v) is 4.02. The molecule has 20 heavy (non-hydrogen) atoms. The third-order valence-corrected chi connectivity index (χ3v) is 5.62. The minimum Gasteiger partial charge on any atom is -0.496 e. The summed E-state index contributed by atoms with van der Waals surface area (Å²) in [6, 6.07) is 4.75. The Hall–Kier alpha value is -0.820. The van der Waals surface area contributed by atoms with Crippen LogP contribution in [0.1, 0.15) is 12.0 Å². The van der Waals surface area contributed by atoms with Crippen molar-refractivity contribution in [3.05, 3.63) is 23.8 Å². The van der Waals surface area contributed by atoms with Gasteiger partial charge < -0.3 is 9.47 Å². The number of hydrogen-bond acceptors (Lipinski definition) is 4. The highest BCUT2D eigenvalue weighted by molar-refractivity contribution is 7.89. The van der Waals surface area contributed by atoms with Crippen molar-refractivity contribution in [2.45, 2.75) is 23.3 Å². The van der Waals surface area contributed by atoms with E-state index in [1.165, 1.54) is 11.4 Å². The lowest BCUT2D eigenvalue weighted by Gasteiger charge is -2.17. The van der Waals surface area contributed by atoms with Crippen molar-refractivity contribution in [1.29, 1.82) is 0 Å². The smallest absolute Gasteiger partial charge is 0.243 e. The number of nitrogens with zero attached hydrogens (tertiary/aromatic N) is 1. The summed E-state index contributed by atoms with van der Waals surface area (Å²) in [5.41, 5.74) is 0.665. The van der Waals surface area contributed by atoms with Crippen LogP contribution < -0.4 is 4.74 Å². The van der Waals surface area contributed by atoms with E-state index in [1.807, 2.05) is 0 Å². The summed E-state index contributed by atoms with van der Waals surface area (Å²) >= 11 is 5.83. The molecule has 1 aliphatic rings. The minimum atomic E-state index is -3.50. The van der Waals surface area contributed by atoms with E-state index >= 15 is 0 Å². The van der Waals surface area contributed by atoms with Crippen LogP contribution in [0.2, 0.25) is 0 Å². The van der Waals surface area contributed by atoms with Gasteiger partial charge in [-0.2, -0.15) is 4.31 Å². The summed E-state index contributed by atoms with van der Waals surface area (Å²) in [7, 11) is -0.372. The number of ether oxygens (including phenoxy) is 2. The fourth-order valence-electron chi connectivity index (χ4n) is 2.28. The second-order valence-corrected chi connectivity index (χ2v) is 6.82. The molecule has 0 radical (unpaired) electrons. The summed E-state index contributed by atoms with van der Waals surface area (Å²) in [6.07, 6.45) is 0.685. The van der Waals surface area contributed by atoms with Crippen LogP contribution in [-0.2, 0) is 20.6 Å². The monoisotopic (exact) mass is 319 g/mol. The Bertz CT molecular complexity index is 576. The van der Waals surface area contributed by atoms with Crippen LogP contribution in [-0.4, -0.2) is 46.1 Å². The van der Waals surface area contributed by atoms with Gasteiger partial charge in [0, 0.05) is 25.8 Å². The normalized spacial score (nSPS) is 20.2. The molecule has 1 aliphatic heterocycles. The lowest BCUT2D eigenvalue weighted by molar-refractivity contribution is 0.115. The molecule has 5 nitrogen and oxygen atoms in total. The van der Waals surface area contributed by atoms with E-state index in [9.17, 15) is 8.42 Å². The SMILES string of the molecule is COc1ccc(S(=O)(=O)N2CCC(OC)C2)cc1CCl. The summed E-state index contributed by atoms with van der Waals surface area (Å²) in [5, 5.41) is 0. The summed E-state index contributed by atoms with van der Waals surface area (Å²) in [5.74, 6) is 0.794. The van der Waals surface area contributed by atoms with E-state index in [2.05, 4.69) is 0 Å². The van der Waals surface area contributed by atoms with Crippen molar-refractivity contribution in [3.8, 4) is 5.75 Å². The Morgan fingerprint density at radius 3 is 2.70 bits per heavy atom. The number of methoxy groups -OCH3 is 2. The van der Waals surface area contributed by atoms with E-state index < -0.39 is 10.0 Å². The molecule has 1 unspecified atom stereocenters. The highest BCUT2D eigenvalue weighted by atomic mass is 35.5. The van der Waals surface area contributed by atoms with Gasteiger partial charge >= 0.3 is 0 Å². The Morgan fingerprint density at radius 2 is 2.15 bits per heavy atom. The first kappa shape index (κ1) is 15.6. The molecular weight excluding hydrogens is 302 g/mol. The number of sulfonamides is 1. The van der Waals surface area contributed by atoms with Gasteiger partial charge in [0.05, 0.1) is 24.0 Å². The molecule has 0 spiro atoms. The molecule has 0 aromatic heterocycles. The quantitative estimate of drug-likeness (QED) is 0.777. The number of halogens is 1. The first-order valence-corrected chi connectivity index (χ1v) is 8.26. The van der Waals surface area contributed by atoms with Crippen LogP contribution in [0.5, 0.6) is 5.75 Å². The number of alkyl halides is 1. The Kier molecular flexibility index (Phi) is 4.90. The molecule has 7 heteroatoms. The molecule has 0 aliphatic carbocycles. The van der Waals surface area contributed by atoms with Crippen LogP contribution in [0.15, 0.2) is 23.1 Å². The van der Waals surface area contributed by atoms with Crippen molar-refractivity contribution in [2.24, 2.45) is 0 Å². The van der Waals surface area contributed by atoms with Gasteiger partial charge in [0.15, 0.2) is 0 Å². The Morgan fingerprint density at radius 1 is 1.40 bits per heavy atom. The van der Waals surface area contributed by atoms with Crippen LogP contribution in [0.3, 0.4) is 0 Å². The zero-order chi connectivity index (χ0) is 14.8. The van der Waals surface area contributed by atoms with E-state index in [0.29, 0.717) is 30.8 Å². The fraction of sp³-hybridized carbons (Fsp3) is 0.538. The van der Waals surface area contributed by atoms with Crippen molar-refractivity contribution in [3.63, 3.8) is 0 Å². The van der Waals surface area contributed by atoms with Gasteiger partial charge in [0.25, 0.3) is 0 Å². The third kappa shape index (κ3) is 2.93. The molecular formula is C13H18ClNO4S. The van der Waals surface area contributed by atoms with Crippen molar-refractivity contribution < 1.29 is 17.9 Å². The van der Waals surface area contributed by atoms with Gasteiger partial charge in [-0.1, -0.05) is 0 Å². The number of benzene rings is 1. The van der Waals surface area contributed by atoms with Gasteiger partial charge in [-0.15, -0.1) is 11.6 Å². The van der Waals surface area contributed by atoms with E-state index in [-0.39, 0.29) is 16.9 Å². The van der Waals surface area contributed by atoms with Crippen LogP contribution in [0.4, 0.5) is 0 Å². The second kappa shape index (κ2) is 6.30. The van der Waals surface area contributed by atoms with Crippen molar-refractivity contribution in [1.82, 2.24) is 4.31 Å². The van der Waals surface area contributed by atoms with Gasteiger partial charge in [-0.25, -0.2) is 8.42 Å². The topological polar surface area (TPSA) is 55.8 Å². The predicted octanol–water partition coefficient (Wildman–Crippen LogP) is 1.84. The largest absolute Gasteiger partial charge is 0.496 e. The molecule has 0 N–H and O–H groups in total. The van der Waals surface area contributed by atoms with Crippen molar-refractivity contribution >= 4 is 21.6 Å². The van der Waals surface area contributed by atoms with Gasteiger partial charge in [0.2, 0.25) is 10.0 Å². The Balaban J connectivity index is 2.30. The maximum Gasteiger partial charge on any atom is 0.243 e. The summed E-state index contributed by atoms with van der Waals surface area (Å²) in [6.45, 7) is 0.865. The maximum absolute atomic E-state index is 12.6. The molecule has 1 saturated heterocycles. The highest BCUT2D eigenvalue weighted by Crippen LogP contribution is 2.27. The lowest BCUT2D eigenvalue weighted by atomic mass is 10.2. The molecule has 1 atom stereocenters. The molecule has 0 saturated carbocycles. The lowest BCUT2D eigenvalue weighted by Crippen LogP contribution is -2.30. The molecule has 1 fully saturated rings. The Labute approximate surface area is 124 Å². The molecule has 1 aromatic rings. The summed E-state index contributed by atoms with van der Waals surface area (Å²) in [4.78, 5) is 0.241. The van der Waals surface area contributed by atoms with Crippen LogP contribution >= 0.6 is 11.6 Å². The average Bonchev–Trinajstić information content (AvgIpc) is 2.96. The molecule has 2 rings (SSSR count). The van der Waals surface area contributed by atoms with E-state index in [1.54, 1.807) is 25.3 Å². The zero-order valence-electron chi connectivity index (χ0n) is 11.5. The van der Waals surface area contributed by atoms with Gasteiger partial charge in [0.1, 0.15) is 5.75 Å². The third-order valence-electron chi connectivity index (χ3n) is 3.47. The molecule has 1 aromatic carbocycles. The minimum absolute atomic E-state index is 0.0319. The zero-order valence-corrected chi connectivity index (χ0v) is 13.1. The number of rotatable bonds is 5. The molecule has 0 amide bonds.